The minimum atomic E-state index is -2.94. The summed E-state index contributed by atoms with van der Waals surface area (Å²) in [6.45, 7) is -0.950. The highest BCUT2D eigenvalue weighted by atomic mass is 32.1. The summed E-state index contributed by atoms with van der Waals surface area (Å²) in [4.78, 5) is 18.0. The first-order valence-corrected chi connectivity index (χ1v) is 9.27. The molecule has 2 heterocycles. The van der Waals surface area contributed by atoms with Gasteiger partial charge in [0.25, 0.3) is 5.91 Å². The molecule has 0 aliphatic rings. The number of hydrogen-bond donors (Lipinski definition) is 1. The normalized spacial score (nSPS) is 10.8. The molecule has 0 aliphatic carbocycles. The van der Waals surface area contributed by atoms with Gasteiger partial charge in [0.1, 0.15) is 0 Å². The van der Waals surface area contributed by atoms with Crippen LogP contribution in [0.25, 0.3) is 10.6 Å². The zero-order valence-corrected chi connectivity index (χ0v) is 16.1. The Hall–Kier alpha value is -3.00. The highest BCUT2D eigenvalue weighted by Crippen LogP contribution is 2.29. The highest BCUT2D eigenvalue weighted by Gasteiger charge is 2.14. The number of nitrogens with zero attached hydrogens (tertiary/aromatic N) is 1. The number of pyridine rings is 1. The molecule has 0 spiro atoms. The van der Waals surface area contributed by atoms with Gasteiger partial charge >= 0.3 is 6.61 Å². The quantitative estimate of drug-likeness (QED) is 0.622. The van der Waals surface area contributed by atoms with Gasteiger partial charge in [0.05, 0.1) is 28.9 Å². The summed E-state index contributed by atoms with van der Waals surface area (Å²) in [5, 5.41) is 4.77. The molecule has 146 valence electrons. The summed E-state index contributed by atoms with van der Waals surface area (Å²) in [5.41, 5.74) is 2.61. The summed E-state index contributed by atoms with van der Waals surface area (Å²) in [5.74, 6) is -0.156. The van der Waals surface area contributed by atoms with Crippen molar-refractivity contribution in [3.8, 4) is 22.1 Å². The van der Waals surface area contributed by atoms with Crippen LogP contribution in [0, 0.1) is 6.92 Å². The van der Waals surface area contributed by atoms with E-state index in [0.29, 0.717) is 16.8 Å². The van der Waals surface area contributed by atoms with Crippen molar-refractivity contribution in [2.45, 2.75) is 20.1 Å². The molecule has 0 atom stereocenters. The van der Waals surface area contributed by atoms with E-state index in [1.807, 2.05) is 23.6 Å². The number of rotatable bonds is 7. The molecule has 5 nitrogen and oxygen atoms in total. The third-order valence-electron chi connectivity index (χ3n) is 4.00. The molecule has 8 heteroatoms. The fourth-order valence-corrected chi connectivity index (χ4v) is 3.35. The van der Waals surface area contributed by atoms with Crippen molar-refractivity contribution in [1.29, 1.82) is 0 Å². The third kappa shape index (κ3) is 4.64. The molecule has 1 aromatic carbocycles. The van der Waals surface area contributed by atoms with Gasteiger partial charge in [0, 0.05) is 6.54 Å². The van der Waals surface area contributed by atoms with Crippen LogP contribution in [0.15, 0.2) is 47.8 Å². The summed E-state index contributed by atoms with van der Waals surface area (Å²) in [6, 6.07) is 12.0. The van der Waals surface area contributed by atoms with Gasteiger partial charge in [0.2, 0.25) is 0 Å². The van der Waals surface area contributed by atoms with Gasteiger partial charge in [-0.05, 0) is 48.2 Å². The lowest BCUT2D eigenvalue weighted by atomic mass is 10.1. The molecule has 3 aromatic rings. The van der Waals surface area contributed by atoms with E-state index < -0.39 is 6.61 Å². The predicted molar refractivity (Wildman–Crippen MR) is 103 cm³/mol. The maximum Gasteiger partial charge on any atom is 0.387 e. The van der Waals surface area contributed by atoms with Gasteiger partial charge in [-0.15, -0.1) is 11.3 Å². The van der Waals surface area contributed by atoms with Crippen molar-refractivity contribution in [2.75, 3.05) is 7.11 Å². The van der Waals surface area contributed by atoms with Crippen LogP contribution >= 0.6 is 11.3 Å². The number of benzene rings is 1. The first kappa shape index (κ1) is 19.8. The van der Waals surface area contributed by atoms with Gasteiger partial charge in [-0.3, -0.25) is 9.78 Å². The minimum absolute atomic E-state index is 0.0585. The van der Waals surface area contributed by atoms with Crippen LogP contribution in [0.3, 0.4) is 0 Å². The summed E-state index contributed by atoms with van der Waals surface area (Å²) in [7, 11) is 1.36. The minimum Gasteiger partial charge on any atom is -0.493 e. The Balaban J connectivity index is 1.68. The molecule has 0 bridgehead atoms. The average molecular weight is 404 g/mol. The fourth-order valence-electron chi connectivity index (χ4n) is 2.66. The van der Waals surface area contributed by atoms with Crippen molar-refractivity contribution < 1.29 is 23.0 Å². The lowest BCUT2D eigenvalue weighted by molar-refractivity contribution is -0.0512. The van der Waals surface area contributed by atoms with Gasteiger partial charge in [-0.1, -0.05) is 12.1 Å². The summed E-state index contributed by atoms with van der Waals surface area (Å²) in [6.07, 6.45) is 0. The Kier molecular flexibility index (Phi) is 6.20. The number of thiophene rings is 1. The third-order valence-corrected chi connectivity index (χ3v) is 4.89. The molecule has 0 aliphatic heterocycles. The van der Waals surface area contributed by atoms with Gasteiger partial charge in [-0.25, -0.2) is 0 Å². The molecule has 0 radical (unpaired) electrons. The predicted octanol–water partition coefficient (Wildman–Crippen LogP) is 4.66. The number of methoxy groups -OCH3 is 1. The van der Waals surface area contributed by atoms with Crippen molar-refractivity contribution in [1.82, 2.24) is 10.3 Å². The van der Waals surface area contributed by atoms with Crippen molar-refractivity contribution >= 4 is 17.2 Å². The summed E-state index contributed by atoms with van der Waals surface area (Å²) < 4.78 is 34.2. The van der Waals surface area contributed by atoms with E-state index in [1.54, 1.807) is 36.5 Å². The Morgan fingerprint density at radius 2 is 2.04 bits per heavy atom. The van der Waals surface area contributed by atoms with E-state index >= 15 is 0 Å². The van der Waals surface area contributed by atoms with E-state index in [1.165, 1.54) is 13.2 Å². The number of carbonyl (C=O) groups excluding carboxylic acids is 1. The average Bonchev–Trinajstić information content (AvgIpc) is 3.21. The number of aromatic nitrogens is 1. The molecular formula is C20H18F2N2O3S. The monoisotopic (exact) mass is 404 g/mol. The van der Waals surface area contributed by atoms with Crippen LogP contribution in [0.2, 0.25) is 0 Å². The van der Waals surface area contributed by atoms with Crippen LogP contribution in [0.4, 0.5) is 8.78 Å². The number of alkyl halides is 2. The van der Waals surface area contributed by atoms with Crippen molar-refractivity contribution in [2.24, 2.45) is 0 Å². The Labute approximate surface area is 164 Å². The number of carbonyl (C=O) groups is 1. The zero-order valence-electron chi connectivity index (χ0n) is 15.2. The van der Waals surface area contributed by atoms with E-state index in [9.17, 15) is 13.6 Å². The Bertz CT molecular complexity index is 962. The fraction of sp³-hybridized carbons (Fsp3) is 0.200. The number of amides is 1. The zero-order chi connectivity index (χ0) is 20.1. The second-order valence-electron chi connectivity index (χ2n) is 5.85. The van der Waals surface area contributed by atoms with Gasteiger partial charge < -0.3 is 14.8 Å². The molecule has 1 N–H and O–H groups in total. The maximum absolute atomic E-state index is 12.5. The molecule has 1 amide bonds. The van der Waals surface area contributed by atoms with E-state index in [-0.39, 0.29) is 24.0 Å². The first-order chi connectivity index (χ1) is 13.5. The smallest absolute Gasteiger partial charge is 0.387 e. The molecular weight excluding hydrogens is 386 g/mol. The van der Waals surface area contributed by atoms with Crippen LogP contribution in [-0.2, 0) is 6.54 Å². The second-order valence-corrected chi connectivity index (χ2v) is 6.80. The molecule has 0 saturated heterocycles. The number of nitrogens with one attached hydrogen (secondary N) is 1. The van der Waals surface area contributed by atoms with Crippen LogP contribution < -0.4 is 14.8 Å². The number of hydrogen-bond acceptors (Lipinski definition) is 5. The van der Waals surface area contributed by atoms with Crippen molar-refractivity contribution in [3.05, 3.63) is 64.7 Å². The summed E-state index contributed by atoms with van der Waals surface area (Å²) >= 11 is 1.58. The first-order valence-electron chi connectivity index (χ1n) is 8.39. The number of ether oxygens (including phenoxy) is 2. The van der Waals surface area contributed by atoms with Crippen molar-refractivity contribution in [3.63, 3.8) is 0 Å². The Morgan fingerprint density at radius 1 is 1.21 bits per heavy atom. The van der Waals surface area contributed by atoms with Crippen LogP contribution in [0.1, 0.15) is 21.6 Å². The lowest BCUT2D eigenvalue weighted by Crippen LogP contribution is -2.24. The molecule has 0 unspecified atom stereocenters. The van der Waals surface area contributed by atoms with E-state index in [0.717, 1.165) is 10.6 Å². The van der Waals surface area contributed by atoms with Crippen LogP contribution in [-0.4, -0.2) is 24.6 Å². The number of halogens is 2. The molecule has 28 heavy (non-hydrogen) atoms. The standard InChI is InChI=1S/C20H18F2N2O3S/c1-12-14(6-7-15(24-12)18-4-3-9-28-18)19(25)23-11-13-5-8-16(27-20(21)22)17(10-13)26-2/h3-10,20H,11H2,1-2H3,(H,23,25). The highest BCUT2D eigenvalue weighted by molar-refractivity contribution is 7.13. The Morgan fingerprint density at radius 3 is 2.68 bits per heavy atom. The van der Waals surface area contributed by atoms with Crippen LogP contribution in [0.5, 0.6) is 11.5 Å². The topological polar surface area (TPSA) is 60.5 Å². The molecule has 0 saturated carbocycles. The lowest BCUT2D eigenvalue weighted by Gasteiger charge is -2.12. The second kappa shape index (κ2) is 8.79. The number of aryl methyl sites for hydroxylation is 1. The SMILES string of the molecule is COc1cc(CNC(=O)c2ccc(-c3cccs3)nc2C)ccc1OC(F)F. The van der Waals surface area contributed by atoms with Gasteiger partial charge in [0.15, 0.2) is 11.5 Å². The molecule has 3 rings (SSSR count). The molecule has 2 aromatic heterocycles. The van der Waals surface area contributed by atoms with Gasteiger partial charge in [-0.2, -0.15) is 8.78 Å². The van der Waals surface area contributed by atoms with E-state index in [2.05, 4.69) is 15.0 Å². The van der Waals surface area contributed by atoms with E-state index in [4.69, 9.17) is 4.74 Å². The molecule has 0 fully saturated rings. The maximum atomic E-state index is 12.5. The largest absolute Gasteiger partial charge is 0.493 e.